The number of hydrogen-bond acceptors (Lipinski definition) is 2. The van der Waals surface area contributed by atoms with E-state index in [4.69, 9.17) is 4.74 Å². The molecule has 3 heteroatoms. The van der Waals surface area contributed by atoms with Gasteiger partial charge in [0.15, 0.2) is 0 Å². The van der Waals surface area contributed by atoms with Crippen molar-refractivity contribution < 1.29 is 13.9 Å². The van der Waals surface area contributed by atoms with Crippen LogP contribution in [0.15, 0.2) is 30.3 Å². The highest BCUT2D eigenvalue weighted by Gasteiger charge is 2.22. The van der Waals surface area contributed by atoms with E-state index >= 15 is 0 Å². The van der Waals surface area contributed by atoms with E-state index < -0.39 is 6.67 Å². The average molecular weight is 314 g/mol. The van der Waals surface area contributed by atoms with Gasteiger partial charge in [-0.15, -0.1) is 0 Å². The second-order valence-electron chi connectivity index (χ2n) is 6.44. The molecule has 0 heterocycles. The average Bonchev–Trinajstić information content (AvgIpc) is 2.61. The SMILES string of the molecule is CCC1CCC(Oc2ccc3cc(C=O)ccc3c2CF)CC1. The van der Waals surface area contributed by atoms with Crippen molar-refractivity contribution in [3.05, 3.63) is 41.5 Å². The maximum atomic E-state index is 13.6. The van der Waals surface area contributed by atoms with Gasteiger partial charge in [-0.1, -0.05) is 31.5 Å². The highest BCUT2D eigenvalue weighted by atomic mass is 19.1. The van der Waals surface area contributed by atoms with Gasteiger partial charge in [0.1, 0.15) is 18.7 Å². The maximum Gasteiger partial charge on any atom is 0.150 e. The lowest BCUT2D eigenvalue weighted by Crippen LogP contribution is -2.24. The van der Waals surface area contributed by atoms with Crippen LogP contribution in [0, 0.1) is 5.92 Å². The van der Waals surface area contributed by atoms with Crippen LogP contribution in [0.3, 0.4) is 0 Å². The largest absolute Gasteiger partial charge is 0.490 e. The molecule has 122 valence electrons. The number of rotatable bonds is 5. The van der Waals surface area contributed by atoms with E-state index in [0.29, 0.717) is 16.9 Å². The van der Waals surface area contributed by atoms with Gasteiger partial charge in [-0.2, -0.15) is 0 Å². The molecule has 0 aliphatic heterocycles. The van der Waals surface area contributed by atoms with Crippen LogP contribution in [0.5, 0.6) is 5.75 Å². The molecule has 0 amide bonds. The summed E-state index contributed by atoms with van der Waals surface area (Å²) in [6, 6.07) is 9.09. The summed E-state index contributed by atoms with van der Waals surface area (Å²) in [7, 11) is 0. The van der Waals surface area contributed by atoms with Crippen molar-refractivity contribution in [3.8, 4) is 5.75 Å². The van der Waals surface area contributed by atoms with Crippen LogP contribution in [0.4, 0.5) is 4.39 Å². The van der Waals surface area contributed by atoms with Crippen LogP contribution in [0.1, 0.15) is 54.9 Å². The van der Waals surface area contributed by atoms with Gasteiger partial charge in [0.05, 0.1) is 6.10 Å². The Kier molecular flexibility index (Phi) is 4.94. The summed E-state index contributed by atoms with van der Waals surface area (Å²) in [4.78, 5) is 10.9. The molecule has 0 aromatic heterocycles. The molecule has 0 saturated heterocycles. The summed E-state index contributed by atoms with van der Waals surface area (Å²) >= 11 is 0. The molecule has 23 heavy (non-hydrogen) atoms. The topological polar surface area (TPSA) is 26.3 Å². The molecular weight excluding hydrogens is 291 g/mol. The third-order valence-electron chi connectivity index (χ3n) is 5.05. The van der Waals surface area contributed by atoms with Crippen LogP contribution in [-0.4, -0.2) is 12.4 Å². The Balaban J connectivity index is 1.85. The lowest BCUT2D eigenvalue weighted by molar-refractivity contribution is 0.112. The van der Waals surface area contributed by atoms with E-state index in [1.807, 2.05) is 18.2 Å². The van der Waals surface area contributed by atoms with Crippen molar-refractivity contribution in [2.75, 3.05) is 0 Å². The number of carbonyl (C=O) groups excluding carboxylic acids is 1. The lowest BCUT2D eigenvalue weighted by atomic mass is 9.86. The molecule has 1 aliphatic rings. The summed E-state index contributed by atoms with van der Waals surface area (Å²) < 4.78 is 19.7. The first kappa shape index (κ1) is 16.0. The molecule has 0 unspecified atom stereocenters. The number of hydrogen-bond donors (Lipinski definition) is 0. The summed E-state index contributed by atoms with van der Waals surface area (Å²) in [5.74, 6) is 1.47. The zero-order chi connectivity index (χ0) is 16.2. The second-order valence-corrected chi connectivity index (χ2v) is 6.44. The number of ether oxygens (including phenoxy) is 1. The zero-order valence-corrected chi connectivity index (χ0v) is 13.6. The number of aldehydes is 1. The second kappa shape index (κ2) is 7.12. The van der Waals surface area contributed by atoms with Crippen molar-refractivity contribution in [2.24, 2.45) is 5.92 Å². The Morgan fingerprint density at radius 1 is 1.17 bits per heavy atom. The van der Waals surface area contributed by atoms with E-state index in [2.05, 4.69) is 6.92 Å². The minimum absolute atomic E-state index is 0.190. The lowest BCUT2D eigenvalue weighted by Gasteiger charge is -2.29. The third-order valence-corrected chi connectivity index (χ3v) is 5.05. The molecule has 2 aromatic carbocycles. The third kappa shape index (κ3) is 3.39. The predicted octanol–water partition coefficient (Wildman–Crippen LogP) is 5.47. The normalized spacial score (nSPS) is 21.3. The molecule has 2 nitrogen and oxygen atoms in total. The minimum Gasteiger partial charge on any atom is -0.490 e. The standard InChI is InChI=1S/C20H23FO2/c1-2-14-3-7-17(8-4-14)23-20-10-6-16-11-15(13-22)5-9-18(16)19(20)12-21/h5-6,9-11,13-14,17H,2-4,7-8,12H2,1H3. The molecule has 1 aliphatic carbocycles. The Bertz CT molecular complexity index is 687. The molecule has 0 bridgehead atoms. The summed E-state index contributed by atoms with van der Waals surface area (Å²) in [6.45, 7) is 1.68. The number of alkyl halides is 1. The van der Waals surface area contributed by atoms with Crippen molar-refractivity contribution in [1.29, 1.82) is 0 Å². The smallest absolute Gasteiger partial charge is 0.150 e. The molecular formula is C20H23FO2. The molecule has 0 N–H and O–H groups in total. The van der Waals surface area contributed by atoms with Gasteiger partial charge in [0.2, 0.25) is 0 Å². The van der Waals surface area contributed by atoms with Crippen LogP contribution < -0.4 is 4.74 Å². The first-order valence-corrected chi connectivity index (χ1v) is 8.48. The predicted molar refractivity (Wildman–Crippen MR) is 90.8 cm³/mol. The van der Waals surface area contributed by atoms with Gasteiger partial charge in [0.25, 0.3) is 0 Å². The molecule has 1 fully saturated rings. The van der Waals surface area contributed by atoms with E-state index in [1.54, 1.807) is 12.1 Å². The van der Waals surface area contributed by atoms with Gasteiger partial charge >= 0.3 is 0 Å². The Hall–Kier alpha value is -1.90. The van der Waals surface area contributed by atoms with E-state index in [1.165, 1.54) is 19.3 Å². The Labute approximate surface area is 136 Å². The quantitative estimate of drug-likeness (QED) is 0.684. The van der Waals surface area contributed by atoms with Crippen molar-refractivity contribution in [2.45, 2.75) is 51.8 Å². The summed E-state index contributed by atoms with van der Waals surface area (Å²) in [5, 5.41) is 1.71. The molecule has 3 rings (SSSR count). The van der Waals surface area contributed by atoms with E-state index in [9.17, 15) is 9.18 Å². The van der Waals surface area contributed by atoms with Gasteiger partial charge in [-0.25, -0.2) is 4.39 Å². The highest BCUT2D eigenvalue weighted by molar-refractivity contribution is 5.92. The maximum absolute atomic E-state index is 13.6. The van der Waals surface area contributed by atoms with Crippen molar-refractivity contribution >= 4 is 17.1 Å². The fourth-order valence-electron chi connectivity index (χ4n) is 3.55. The monoisotopic (exact) mass is 314 g/mol. The summed E-state index contributed by atoms with van der Waals surface area (Å²) in [5.41, 5.74) is 1.20. The molecule has 0 atom stereocenters. The van der Waals surface area contributed by atoms with Crippen molar-refractivity contribution in [1.82, 2.24) is 0 Å². The highest BCUT2D eigenvalue weighted by Crippen LogP contribution is 2.34. The number of fused-ring (bicyclic) bond motifs is 1. The van der Waals surface area contributed by atoms with Gasteiger partial charge in [0, 0.05) is 11.1 Å². The zero-order valence-electron chi connectivity index (χ0n) is 13.6. The van der Waals surface area contributed by atoms with Crippen LogP contribution in [0.25, 0.3) is 10.8 Å². The van der Waals surface area contributed by atoms with Crippen LogP contribution in [-0.2, 0) is 6.67 Å². The molecule has 0 spiro atoms. The molecule has 0 radical (unpaired) electrons. The fraction of sp³-hybridized carbons (Fsp3) is 0.450. The summed E-state index contributed by atoms with van der Waals surface area (Å²) in [6.07, 6.45) is 6.72. The Morgan fingerprint density at radius 3 is 2.61 bits per heavy atom. The minimum atomic E-state index is -0.558. The first-order chi connectivity index (χ1) is 11.2. The van der Waals surface area contributed by atoms with E-state index in [0.717, 1.165) is 35.8 Å². The van der Waals surface area contributed by atoms with Crippen LogP contribution in [0.2, 0.25) is 0 Å². The number of carbonyl (C=O) groups is 1. The first-order valence-electron chi connectivity index (χ1n) is 8.48. The van der Waals surface area contributed by atoms with Gasteiger partial charge in [-0.05, 0) is 54.5 Å². The fourth-order valence-corrected chi connectivity index (χ4v) is 3.55. The van der Waals surface area contributed by atoms with Crippen LogP contribution >= 0.6 is 0 Å². The molecule has 1 saturated carbocycles. The van der Waals surface area contributed by atoms with Crippen molar-refractivity contribution in [3.63, 3.8) is 0 Å². The van der Waals surface area contributed by atoms with Gasteiger partial charge in [-0.3, -0.25) is 4.79 Å². The Morgan fingerprint density at radius 2 is 1.96 bits per heavy atom. The van der Waals surface area contributed by atoms with E-state index in [-0.39, 0.29) is 6.10 Å². The number of benzene rings is 2. The number of halogens is 1. The van der Waals surface area contributed by atoms with Gasteiger partial charge < -0.3 is 4.74 Å². The molecule has 2 aromatic rings.